The van der Waals surface area contributed by atoms with Gasteiger partial charge in [0.1, 0.15) is 0 Å². The van der Waals surface area contributed by atoms with E-state index in [4.69, 9.17) is 0 Å². The van der Waals surface area contributed by atoms with E-state index in [-0.39, 0.29) is 36.0 Å². The first-order valence-electron chi connectivity index (χ1n) is 13.2. The highest BCUT2D eigenvalue weighted by molar-refractivity contribution is 6.58. The highest BCUT2D eigenvalue weighted by Gasteiger charge is 2.67. The second-order valence-electron chi connectivity index (χ2n) is 11.3. The number of carbonyl (C=O) groups excluding carboxylic acids is 1. The van der Waals surface area contributed by atoms with Crippen molar-refractivity contribution in [1.29, 1.82) is 0 Å². The summed E-state index contributed by atoms with van der Waals surface area (Å²) in [4.78, 5) is 16.4. The Morgan fingerprint density at radius 3 is 2.83 bits per heavy atom. The summed E-state index contributed by atoms with van der Waals surface area (Å²) < 4.78 is 30.9. The SMILES string of the molecule is C[C@]12CCC3c4ccc(B(O)O)cc4CCC3C1[C@@H](CCCC(=O)NCc1cccnc1)CC2(F)F. The standard InChI is InChI=1S/C28H35BF2N2O3/c1-27-12-11-23-22-10-8-21(29(35)36)14-19(22)7-9-24(23)26(27)20(15-28(27,30)31)5-2-6-25(34)33-17-18-4-3-13-32-16-18/h3-4,8,10,13-14,16,20,23-24,26,35-36H,2,5-7,9,11-12,15,17H2,1H3,(H,33,34)/t20-,23?,24?,26?,27-/m0/s1. The van der Waals surface area contributed by atoms with Gasteiger partial charge in [-0.2, -0.15) is 0 Å². The molecule has 0 bridgehead atoms. The van der Waals surface area contributed by atoms with Crippen LogP contribution in [0.2, 0.25) is 0 Å². The molecule has 192 valence electrons. The fourth-order valence-corrected chi connectivity index (χ4v) is 7.60. The van der Waals surface area contributed by atoms with Gasteiger partial charge in [0, 0.05) is 37.2 Å². The van der Waals surface area contributed by atoms with E-state index in [1.165, 1.54) is 5.56 Å². The number of aromatic nitrogens is 1. The lowest BCUT2D eigenvalue weighted by molar-refractivity contribution is -0.133. The summed E-state index contributed by atoms with van der Waals surface area (Å²) in [7, 11) is -1.50. The first-order chi connectivity index (χ1) is 17.2. The van der Waals surface area contributed by atoms with E-state index in [1.807, 2.05) is 24.3 Å². The van der Waals surface area contributed by atoms with Crippen LogP contribution < -0.4 is 10.8 Å². The van der Waals surface area contributed by atoms with Gasteiger partial charge in [0.05, 0.1) is 0 Å². The van der Waals surface area contributed by atoms with E-state index in [2.05, 4.69) is 10.3 Å². The van der Waals surface area contributed by atoms with E-state index in [0.29, 0.717) is 37.7 Å². The van der Waals surface area contributed by atoms with E-state index in [1.54, 1.807) is 25.4 Å². The van der Waals surface area contributed by atoms with Crippen LogP contribution in [0.5, 0.6) is 0 Å². The van der Waals surface area contributed by atoms with E-state index >= 15 is 8.78 Å². The highest BCUT2D eigenvalue weighted by Crippen LogP contribution is 2.68. The molecule has 5 atom stereocenters. The average molecular weight is 496 g/mol. The van der Waals surface area contributed by atoms with Crippen LogP contribution in [0, 0.1) is 23.2 Å². The summed E-state index contributed by atoms with van der Waals surface area (Å²) in [6.07, 6.45) is 7.78. The zero-order valence-corrected chi connectivity index (χ0v) is 20.8. The molecule has 1 aromatic heterocycles. The van der Waals surface area contributed by atoms with Crippen molar-refractivity contribution in [1.82, 2.24) is 10.3 Å². The van der Waals surface area contributed by atoms with Crippen molar-refractivity contribution < 1.29 is 23.6 Å². The number of rotatable bonds is 7. The minimum atomic E-state index is -2.69. The predicted octanol–water partition coefficient (Wildman–Crippen LogP) is 3.97. The van der Waals surface area contributed by atoms with E-state index in [9.17, 15) is 14.8 Å². The normalized spacial score (nSPS) is 30.1. The van der Waals surface area contributed by atoms with E-state index < -0.39 is 18.5 Å². The Hall–Kier alpha value is -2.32. The molecular weight excluding hydrogens is 461 g/mol. The molecule has 3 unspecified atom stereocenters. The molecule has 1 amide bonds. The van der Waals surface area contributed by atoms with Gasteiger partial charge in [-0.05, 0) is 90.4 Å². The van der Waals surface area contributed by atoms with Crippen LogP contribution in [0.4, 0.5) is 8.78 Å². The maximum Gasteiger partial charge on any atom is 0.488 e. The quantitative estimate of drug-likeness (QED) is 0.507. The average Bonchev–Trinajstić information content (AvgIpc) is 3.07. The molecule has 5 nitrogen and oxygen atoms in total. The van der Waals surface area contributed by atoms with Crippen LogP contribution in [-0.4, -0.2) is 34.0 Å². The number of alkyl halides is 2. The van der Waals surface area contributed by atoms with Crippen molar-refractivity contribution in [3.8, 4) is 0 Å². The highest BCUT2D eigenvalue weighted by atomic mass is 19.3. The third kappa shape index (κ3) is 4.58. The van der Waals surface area contributed by atoms with Crippen LogP contribution in [0.3, 0.4) is 0 Å². The van der Waals surface area contributed by atoms with E-state index in [0.717, 1.165) is 30.4 Å². The molecule has 2 aromatic rings. The lowest BCUT2D eigenvalue weighted by Gasteiger charge is -2.51. The van der Waals surface area contributed by atoms with Crippen molar-refractivity contribution in [2.45, 2.75) is 76.7 Å². The van der Waals surface area contributed by atoms with Crippen LogP contribution >= 0.6 is 0 Å². The van der Waals surface area contributed by atoms with Gasteiger partial charge >= 0.3 is 7.12 Å². The summed E-state index contributed by atoms with van der Waals surface area (Å²) in [5, 5.41) is 22.0. The number of nitrogens with zero attached hydrogens (tertiary/aromatic N) is 1. The molecule has 8 heteroatoms. The Kier molecular flexibility index (Phi) is 6.94. The predicted molar refractivity (Wildman–Crippen MR) is 135 cm³/mol. The molecule has 0 saturated heterocycles. The number of halogens is 2. The molecule has 3 N–H and O–H groups in total. The molecule has 2 fully saturated rings. The molecule has 3 aliphatic carbocycles. The Balaban J connectivity index is 1.27. The van der Waals surface area contributed by atoms with Crippen LogP contribution in [-0.2, 0) is 17.8 Å². The summed E-state index contributed by atoms with van der Waals surface area (Å²) >= 11 is 0. The maximum atomic E-state index is 15.5. The summed E-state index contributed by atoms with van der Waals surface area (Å²) in [5.74, 6) is -2.48. The Morgan fingerprint density at radius 1 is 1.25 bits per heavy atom. The number of carbonyl (C=O) groups is 1. The van der Waals surface area contributed by atoms with Crippen molar-refractivity contribution in [2.75, 3.05) is 0 Å². The van der Waals surface area contributed by atoms with Crippen LogP contribution in [0.1, 0.15) is 74.5 Å². The molecular formula is C28H35BF2N2O3. The van der Waals surface area contributed by atoms with Crippen molar-refractivity contribution in [2.24, 2.45) is 23.2 Å². The molecule has 1 aromatic carbocycles. The number of nitrogens with one attached hydrogen (secondary N) is 1. The van der Waals surface area contributed by atoms with Crippen molar-refractivity contribution in [3.05, 3.63) is 59.4 Å². The Bertz CT molecular complexity index is 1100. The molecule has 5 rings (SSSR count). The zero-order valence-electron chi connectivity index (χ0n) is 20.8. The molecule has 36 heavy (non-hydrogen) atoms. The van der Waals surface area contributed by atoms with Gasteiger partial charge in [-0.15, -0.1) is 0 Å². The molecule has 0 spiro atoms. The fraction of sp³-hybridized carbons (Fsp3) is 0.571. The van der Waals surface area contributed by atoms with Gasteiger partial charge in [-0.3, -0.25) is 9.78 Å². The van der Waals surface area contributed by atoms with Gasteiger partial charge in [0.15, 0.2) is 0 Å². The molecule has 0 radical (unpaired) electrons. The molecule has 2 saturated carbocycles. The number of amides is 1. The molecule has 3 aliphatic rings. The second-order valence-corrected chi connectivity index (χ2v) is 11.3. The smallest absolute Gasteiger partial charge is 0.423 e. The Labute approximate surface area is 211 Å². The lowest BCUT2D eigenvalue weighted by atomic mass is 9.53. The topological polar surface area (TPSA) is 82.5 Å². The lowest BCUT2D eigenvalue weighted by Crippen LogP contribution is -2.47. The summed E-state index contributed by atoms with van der Waals surface area (Å²) in [6.45, 7) is 2.22. The second kappa shape index (κ2) is 9.86. The molecule has 1 heterocycles. The summed E-state index contributed by atoms with van der Waals surface area (Å²) in [6, 6.07) is 9.34. The zero-order chi connectivity index (χ0) is 25.5. The third-order valence-electron chi connectivity index (χ3n) is 9.35. The van der Waals surface area contributed by atoms with Crippen LogP contribution in [0.15, 0.2) is 42.7 Å². The number of benzene rings is 1. The Morgan fingerprint density at radius 2 is 2.08 bits per heavy atom. The monoisotopic (exact) mass is 496 g/mol. The maximum absolute atomic E-state index is 15.5. The number of fused-ring (bicyclic) bond motifs is 5. The fourth-order valence-electron chi connectivity index (χ4n) is 7.60. The van der Waals surface area contributed by atoms with Gasteiger partial charge in [0.25, 0.3) is 5.92 Å². The largest absolute Gasteiger partial charge is 0.488 e. The first kappa shape index (κ1) is 25.3. The molecule has 0 aliphatic heterocycles. The van der Waals surface area contributed by atoms with Gasteiger partial charge in [-0.25, -0.2) is 8.78 Å². The number of hydrogen-bond donors (Lipinski definition) is 3. The first-order valence-corrected chi connectivity index (χ1v) is 13.2. The number of aryl methyl sites for hydroxylation is 1. The van der Waals surface area contributed by atoms with Gasteiger partial charge < -0.3 is 15.4 Å². The third-order valence-corrected chi connectivity index (χ3v) is 9.35. The van der Waals surface area contributed by atoms with Crippen LogP contribution in [0.25, 0.3) is 0 Å². The number of hydrogen-bond acceptors (Lipinski definition) is 4. The minimum absolute atomic E-state index is 0.0543. The van der Waals surface area contributed by atoms with Gasteiger partial charge in [0.2, 0.25) is 5.91 Å². The van der Waals surface area contributed by atoms with Crippen molar-refractivity contribution in [3.63, 3.8) is 0 Å². The summed E-state index contributed by atoms with van der Waals surface area (Å²) in [5.41, 5.74) is 2.74. The number of pyridine rings is 1. The van der Waals surface area contributed by atoms with Crippen molar-refractivity contribution >= 4 is 18.5 Å². The minimum Gasteiger partial charge on any atom is -0.423 e. The van der Waals surface area contributed by atoms with Gasteiger partial charge in [-0.1, -0.05) is 31.2 Å².